The van der Waals surface area contributed by atoms with E-state index in [2.05, 4.69) is 67.8 Å². The molecule has 89 heavy (non-hydrogen) atoms. The van der Waals surface area contributed by atoms with Crippen molar-refractivity contribution >= 4 is 5.91 Å². The van der Waals surface area contributed by atoms with Crippen LogP contribution in [0.1, 0.15) is 232 Å². The number of aliphatic hydroxyl groups is 11. The Hall–Kier alpha value is -2.77. The summed E-state index contributed by atoms with van der Waals surface area (Å²) in [4.78, 5) is 13.3. The van der Waals surface area contributed by atoms with Gasteiger partial charge in [-0.3, -0.25) is 4.79 Å². The molecule has 0 saturated carbocycles. The van der Waals surface area contributed by atoms with Crippen LogP contribution in [0.15, 0.2) is 72.9 Å². The van der Waals surface area contributed by atoms with E-state index in [-0.39, 0.29) is 12.3 Å². The lowest BCUT2D eigenvalue weighted by Gasteiger charge is -2.48. The summed E-state index contributed by atoms with van der Waals surface area (Å²) in [5.41, 5.74) is 0. The van der Waals surface area contributed by atoms with Gasteiger partial charge in [0, 0.05) is 6.42 Å². The van der Waals surface area contributed by atoms with Gasteiger partial charge in [0.15, 0.2) is 18.9 Å². The van der Waals surface area contributed by atoms with Gasteiger partial charge in [-0.2, -0.15) is 0 Å². The maximum atomic E-state index is 13.3. The number of aliphatic hydroxyl groups excluding tert-OH is 11. The first-order valence-corrected chi connectivity index (χ1v) is 34.7. The molecular weight excluding hydrogens is 1140 g/mol. The van der Waals surface area contributed by atoms with Crippen LogP contribution in [-0.2, 0) is 33.2 Å². The first-order chi connectivity index (χ1) is 43.3. The zero-order valence-corrected chi connectivity index (χ0v) is 54.4. The fourth-order valence-electron chi connectivity index (χ4n) is 11.4. The highest BCUT2D eigenvalue weighted by Gasteiger charge is 2.53. The summed E-state index contributed by atoms with van der Waals surface area (Å²) in [6.07, 6.45) is 38.0. The highest BCUT2D eigenvalue weighted by atomic mass is 16.8. The molecule has 3 rings (SSSR count). The molecule has 3 aliphatic heterocycles. The summed E-state index contributed by atoms with van der Waals surface area (Å²) in [6.45, 7) is 1.54. The first kappa shape index (κ1) is 80.5. The van der Waals surface area contributed by atoms with Crippen LogP contribution in [-0.4, -0.2) is 193 Å². The number of hydrogen-bond acceptors (Lipinski definition) is 18. The van der Waals surface area contributed by atoms with E-state index in [4.69, 9.17) is 28.4 Å². The average molecular weight is 1270 g/mol. The summed E-state index contributed by atoms with van der Waals surface area (Å²) in [7, 11) is 0. The van der Waals surface area contributed by atoms with Crippen LogP contribution in [0, 0.1) is 0 Å². The van der Waals surface area contributed by atoms with E-state index in [1.54, 1.807) is 6.08 Å². The zero-order valence-electron chi connectivity index (χ0n) is 54.4. The number of allylic oxidation sites excluding steroid dienone is 11. The van der Waals surface area contributed by atoms with Crippen molar-refractivity contribution in [1.82, 2.24) is 5.32 Å². The highest BCUT2D eigenvalue weighted by molar-refractivity contribution is 5.76. The molecule has 3 fully saturated rings. The van der Waals surface area contributed by atoms with Crippen LogP contribution >= 0.6 is 0 Å². The van der Waals surface area contributed by atoms with Gasteiger partial charge in [-0.05, 0) is 57.8 Å². The maximum absolute atomic E-state index is 13.3. The minimum absolute atomic E-state index is 0.111. The predicted molar refractivity (Wildman–Crippen MR) is 346 cm³/mol. The van der Waals surface area contributed by atoms with Gasteiger partial charge < -0.3 is 89.9 Å². The van der Waals surface area contributed by atoms with Crippen molar-refractivity contribution in [2.75, 3.05) is 26.4 Å². The van der Waals surface area contributed by atoms with Crippen molar-refractivity contribution in [2.45, 2.75) is 336 Å². The van der Waals surface area contributed by atoms with E-state index in [0.29, 0.717) is 19.3 Å². The lowest BCUT2D eigenvalue weighted by Crippen LogP contribution is -2.66. The predicted octanol–water partition coefficient (Wildman–Crippen LogP) is 8.94. The molecule has 3 saturated heterocycles. The van der Waals surface area contributed by atoms with E-state index >= 15 is 0 Å². The first-order valence-electron chi connectivity index (χ1n) is 34.7. The number of nitrogens with one attached hydrogen (secondary N) is 1. The van der Waals surface area contributed by atoms with Crippen LogP contribution < -0.4 is 5.32 Å². The van der Waals surface area contributed by atoms with Gasteiger partial charge in [-0.25, -0.2) is 0 Å². The molecule has 19 nitrogen and oxygen atoms in total. The minimum Gasteiger partial charge on any atom is -0.394 e. The number of ether oxygens (including phenoxy) is 6. The standard InChI is InChI=1S/C70H123NO18/c1-3-5-7-9-11-13-15-17-18-19-20-21-22-23-24-25-26-27-28-29-30-31-32-33-34-36-37-39-41-43-45-47-54(75)53(71-58(76)48-46-44-42-40-38-35-16-14-12-10-8-6-4-2)52-84-68-64(82)61(79)66(56(50-73)86-68)89-70-65(83)62(80)67(57(51-74)87-70)88-69-63(81)60(78)59(77)55(49-72)85-69/h6,8,12,14,35,37-39,42,44-45,47,53-57,59-70,72-75,77-83H,3-5,7,9-11,13,15-34,36,40-41,43,46,48-52H2,1-2H3,(H,71,76)/b8-6-,14-12-,38-35-,39-37+,44-42-,47-45+. The van der Waals surface area contributed by atoms with Crippen LogP contribution in [0.5, 0.6) is 0 Å². The van der Waals surface area contributed by atoms with Crippen molar-refractivity contribution < 1.29 is 89.4 Å². The molecule has 516 valence electrons. The molecule has 0 radical (unpaired) electrons. The van der Waals surface area contributed by atoms with Gasteiger partial charge in [0.05, 0.1) is 38.6 Å². The third-order valence-corrected chi connectivity index (χ3v) is 17.0. The van der Waals surface area contributed by atoms with Crippen LogP contribution in [0.2, 0.25) is 0 Å². The van der Waals surface area contributed by atoms with Gasteiger partial charge in [-0.1, -0.05) is 241 Å². The molecule has 0 spiro atoms. The molecule has 0 aliphatic carbocycles. The highest BCUT2D eigenvalue weighted by Crippen LogP contribution is 2.33. The molecule has 1 amide bonds. The monoisotopic (exact) mass is 1270 g/mol. The van der Waals surface area contributed by atoms with E-state index in [1.807, 2.05) is 18.2 Å². The van der Waals surface area contributed by atoms with E-state index in [1.165, 1.54) is 154 Å². The van der Waals surface area contributed by atoms with Crippen LogP contribution in [0.3, 0.4) is 0 Å². The largest absolute Gasteiger partial charge is 0.394 e. The molecular formula is C70H123NO18. The fourth-order valence-corrected chi connectivity index (χ4v) is 11.4. The number of unbranched alkanes of at least 4 members (excludes halogenated alkanes) is 26. The zero-order chi connectivity index (χ0) is 64.7. The summed E-state index contributed by atoms with van der Waals surface area (Å²) in [5.74, 6) is -0.366. The number of carbonyl (C=O) groups is 1. The van der Waals surface area contributed by atoms with Crippen LogP contribution in [0.4, 0.5) is 0 Å². The molecule has 0 bridgehead atoms. The van der Waals surface area contributed by atoms with E-state index in [0.717, 1.165) is 38.5 Å². The van der Waals surface area contributed by atoms with Gasteiger partial charge in [0.25, 0.3) is 0 Å². The topological polar surface area (TPSA) is 307 Å². The Morgan fingerprint density at radius 3 is 1.25 bits per heavy atom. The normalized spacial score (nSPS) is 28.7. The molecule has 3 aliphatic rings. The second kappa shape index (κ2) is 51.6. The Kier molecular flexibility index (Phi) is 46.7. The lowest BCUT2D eigenvalue weighted by atomic mass is 9.96. The third-order valence-electron chi connectivity index (χ3n) is 17.0. The van der Waals surface area contributed by atoms with Crippen molar-refractivity contribution in [3.8, 4) is 0 Å². The molecule has 12 N–H and O–H groups in total. The number of hydrogen-bond donors (Lipinski definition) is 12. The number of rotatable bonds is 52. The van der Waals surface area contributed by atoms with Crippen molar-refractivity contribution in [3.63, 3.8) is 0 Å². The quantitative estimate of drug-likeness (QED) is 0.0200. The lowest BCUT2D eigenvalue weighted by molar-refractivity contribution is -0.379. The summed E-state index contributed by atoms with van der Waals surface area (Å²) in [6, 6.07) is -1.03. The Balaban J connectivity index is 1.41. The molecule has 17 atom stereocenters. The van der Waals surface area contributed by atoms with Crippen molar-refractivity contribution in [1.29, 1.82) is 0 Å². The smallest absolute Gasteiger partial charge is 0.220 e. The Labute approximate surface area is 534 Å². The average Bonchev–Trinajstić information content (AvgIpc) is 2.38. The van der Waals surface area contributed by atoms with Crippen molar-refractivity contribution in [2.24, 2.45) is 0 Å². The van der Waals surface area contributed by atoms with Gasteiger partial charge in [-0.15, -0.1) is 0 Å². The number of carbonyl (C=O) groups excluding carboxylic acids is 1. The molecule has 17 unspecified atom stereocenters. The second-order valence-electron chi connectivity index (χ2n) is 24.6. The molecule has 0 aromatic rings. The van der Waals surface area contributed by atoms with Gasteiger partial charge in [0.2, 0.25) is 5.91 Å². The van der Waals surface area contributed by atoms with Crippen LogP contribution in [0.25, 0.3) is 0 Å². The Bertz CT molecular complexity index is 1900. The SMILES string of the molecule is CC/C=C\C/C=C\C/C=C\C/C=C\CCC(=O)NC(COC1OC(CO)C(OC2OC(CO)C(OC3OC(CO)C(O)C(O)C3O)C(O)C2O)C(O)C1O)C(O)/C=C/CC/C=C/CCCCCCCCCCCCCCCCCCCCCCCCCCC. The molecule has 3 heterocycles. The molecule has 0 aromatic carbocycles. The third kappa shape index (κ3) is 33.8. The van der Waals surface area contributed by atoms with E-state index < -0.39 is 131 Å². The Morgan fingerprint density at radius 1 is 0.416 bits per heavy atom. The summed E-state index contributed by atoms with van der Waals surface area (Å²) >= 11 is 0. The minimum atomic E-state index is -1.99. The van der Waals surface area contributed by atoms with Gasteiger partial charge in [0.1, 0.15) is 73.2 Å². The Morgan fingerprint density at radius 2 is 0.787 bits per heavy atom. The molecule has 19 heteroatoms. The number of amides is 1. The fraction of sp³-hybridized carbons (Fsp3) is 0.814. The van der Waals surface area contributed by atoms with Gasteiger partial charge >= 0.3 is 0 Å². The molecule has 0 aromatic heterocycles. The van der Waals surface area contributed by atoms with E-state index in [9.17, 15) is 61.0 Å². The second-order valence-corrected chi connectivity index (χ2v) is 24.6. The summed E-state index contributed by atoms with van der Waals surface area (Å²) in [5, 5.41) is 120. The maximum Gasteiger partial charge on any atom is 0.220 e. The summed E-state index contributed by atoms with van der Waals surface area (Å²) < 4.78 is 34.2. The van der Waals surface area contributed by atoms with Crippen molar-refractivity contribution in [3.05, 3.63) is 72.9 Å².